The molecule has 6 nitrogen and oxygen atoms in total. The molecule has 280 valence electrons. The highest BCUT2D eigenvalue weighted by Crippen LogP contribution is 2.45. The van der Waals surface area contributed by atoms with Crippen LogP contribution in [-0.2, 0) is 20.5 Å². The lowest BCUT2D eigenvalue weighted by molar-refractivity contribution is -0.137. The highest BCUT2D eigenvalue weighted by Gasteiger charge is 2.44. The van der Waals surface area contributed by atoms with E-state index in [4.69, 9.17) is 21.7 Å². The number of ketones is 1. The van der Waals surface area contributed by atoms with Crippen LogP contribution in [0.5, 0.6) is 5.75 Å². The molecule has 2 aliphatic heterocycles. The molecule has 1 saturated heterocycles. The van der Waals surface area contributed by atoms with Crippen molar-refractivity contribution in [1.82, 2.24) is 5.32 Å². The summed E-state index contributed by atoms with van der Waals surface area (Å²) in [5, 5.41) is 12.2. The Bertz CT molecular complexity index is 2100. The molecule has 2 heterocycles. The molecule has 1 N–H and O–H groups in total. The summed E-state index contributed by atoms with van der Waals surface area (Å²) in [6.45, 7) is 16.1. The number of nitrogens with zero attached hydrogens (tertiary/aromatic N) is 1. The molecule has 2 aliphatic rings. The Morgan fingerprint density at radius 3 is 2.57 bits per heavy atom. The largest absolute Gasteiger partial charge is 0.493 e. The number of carbonyl (C=O) groups is 2. The number of hydrogen-bond donors (Lipinski definition) is 1. The number of carbonyl (C=O) groups excluding carboxylic acids is 2. The number of hydrogen-bond acceptors (Lipinski definition) is 6. The highest BCUT2D eigenvalue weighted by atomic mass is 32.1. The molecule has 1 amide bonds. The number of thiocarbonyl (C=S) groups is 1. The van der Waals surface area contributed by atoms with Gasteiger partial charge in [-0.2, -0.15) is 18.4 Å². The summed E-state index contributed by atoms with van der Waals surface area (Å²) < 4.78 is 52.7. The second-order valence-electron chi connectivity index (χ2n) is 13.1. The van der Waals surface area contributed by atoms with Crippen molar-refractivity contribution in [2.24, 2.45) is 5.41 Å². The van der Waals surface area contributed by atoms with E-state index in [0.29, 0.717) is 65.3 Å². The van der Waals surface area contributed by atoms with Crippen molar-refractivity contribution in [3.8, 4) is 11.8 Å². The van der Waals surface area contributed by atoms with Gasteiger partial charge in [0.1, 0.15) is 11.5 Å². The molecule has 0 aromatic heterocycles. The van der Waals surface area contributed by atoms with E-state index in [1.807, 2.05) is 19.9 Å². The van der Waals surface area contributed by atoms with Gasteiger partial charge in [-0.1, -0.05) is 80.4 Å². The molecule has 0 aliphatic carbocycles. The van der Waals surface area contributed by atoms with Gasteiger partial charge >= 0.3 is 6.18 Å². The van der Waals surface area contributed by atoms with Crippen LogP contribution in [0, 0.1) is 16.7 Å². The lowest BCUT2D eigenvalue weighted by Gasteiger charge is -2.29. The average Bonchev–Trinajstić information content (AvgIpc) is 3.63. The number of benzene rings is 2. The van der Waals surface area contributed by atoms with Crippen molar-refractivity contribution in [3.05, 3.63) is 136 Å². The van der Waals surface area contributed by atoms with Gasteiger partial charge in [-0.3, -0.25) is 9.59 Å². The van der Waals surface area contributed by atoms with Crippen LogP contribution in [0.25, 0.3) is 17.3 Å². The van der Waals surface area contributed by atoms with E-state index in [1.165, 1.54) is 25.1 Å². The van der Waals surface area contributed by atoms with Crippen LogP contribution in [0.2, 0.25) is 0 Å². The fraction of sp³-hybridized carbons (Fsp3) is 0.295. The number of ether oxygens (including phenoxy) is 2. The third kappa shape index (κ3) is 9.61. The summed E-state index contributed by atoms with van der Waals surface area (Å²) in [6.07, 6.45) is 7.74. The average molecular weight is 753 g/mol. The number of allylic oxidation sites excluding steroid dienone is 7. The molecule has 0 radical (unpaired) electrons. The summed E-state index contributed by atoms with van der Waals surface area (Å²) in [5.41, 5.74) is 5.76. The number of halogens is 3. The molecular weight excluding hydrogens is 710 g/mol. The topological polar surface area (TPSA) is 88.4 Å². The molecule has 54 heavy (non-hydrogen) atoms. The number of alkyl halides is 3. The third-order valence-corrected chi connectivity index (χ3v) is 9.56. The predicted molar refractivity (Wildman–Crippen MR) is 211 cm³/mol. The van der Waals surface area contributed by atoms with E-state index in [2.05, 4.69) is 31.1 Å². The van der Waals surface area contributed by atoms with Crippen molar-refractivity contribution in [3.63, 3.8) is 0 Å². The molecule has 10 heteroatoms. The van der Waals surface area contributed by atoms with E-state index < -0.39 is 22.7 Å². The van der Waals surface area contributed by atoms with Crippen LogP contribution in [0.3, 0.4) is 0 Å². The molecule has 1 atom stereocenters. The van der Waals surface area contributed by atoms with E-state index in [-0.39, 0.29) is 28.7 Å². The molecule has 2 aromatic carbocycles. The Balaban J connectivity index is 1.88. The number of amides is 1. The van der Waals surface area contributed by atoms with Gasteiger partial charge in [0.25, 0.3) is 5.91 Å². The number of nitrogens with one attached hydrogen (secondary N) is 1. The normalized spacial score (nSPS) is 18.6. The summed E-state index contributed by atoms with van der Waals surface area (Å²) in [4.78, 5) is 27.7. The minimum atomic E-state index is -4.71. The Labute approximate surface area is 320 Å². The van der Waals surface area contributed by atoms with Crippen molar-refractivity contribution in [2.75, 3.05) is 19.8 Å². The van der Waals surface area contributed by atoms with Crippen LogP contribution >= 0.6 is 12.2 Å². The molecule has 0 spiro atoms. The van der Waals surface area contributed by atoms with E-state index in [9.17, 15) is 28.0 Å². The standard InChI is InChI=1S/C44H43F3N2O4S/c1-7-11-28(4)22-33-12-10-13-39(49-42(51)41(33)29(5)8-2)36-24-32(17-19-40(36)53-9-3)37(43(30(6)50)20-21-52-27-43)25-35(54)18-15-31-14-16-34(26-48)38(23-31)44(45,46)47/h8,10,12,14-19,23-25H,2,4,7,9,11,20-22,27H2,1,3,5-6H3,(H,49,51)/b18-15+,33-12?,37-25-,41-29?. The second kappa shape index (κ2) is 18.1. The maximum Gasteiger partial charge on any atom is 0.417 e. The van der Waals surface area contributed by atoms with E-state index in [0.717, 1.165) is 36.1 Å². The zero-order chi connectivity index (χ0) is 39.6. The Morgan fingerprint density at radius 2 is 1.96 bits per heavy atom. The predicted octanol–water partition coefficient (Wildman–Crippen LogP) is 10.2. The number of rotatable bonds is 14. The minimum absolute atomic E-state index is 0.0960. The Morgan fingerprint density at radius 1 is 1.20 bits per heavy atom. The zero-order valence-corrected chi connectivity index (χ0v) is 31.7. The number of nitriles is 1. The van der Waals surface area contributed by atoms with Crippen LogP contribution in [-0.4, -0.2) is 36.4 Å². The van der Waals surface area contributed by atoms with Gasteiger partial charge < -0.3 is 14.8 Å². The van der Waals surface area contributed by atoms with Crippen LogP contribution < -0.4 is 10.1 Å². The molecule has 4 rings (SSSR count). The third-order valence-electron chi connectivity index (χ3n) is 9.31. The maximum absolute atomic E-state index is 14.0. The smallest absolute Gasteiger partial charge is 0.417 e. The maximum atomic E-state index is 14.0. The van der Waals surface area contributed by atoms with Gasteiger partial charge in [0, 0.05) is 22.6 Å². The van der Waals surface area contributed by atoms with Gasteiger partial charge in [-0.25, -0.2) is 0 Å². The van der Waals surface area contributed by atoms with E-state index >= 15 is 0 Å². The Hall–Kier alpha value is -5.33. The molecule has 2 aromatic rings. The summed E-state index contributed by atoms with van der Waals surface area (Å²) in [5.74, 6) is -0.0349. The fourth-order valence-electron chi connectivity index (χ4n) is 6.49. The summed E-state index contributed by atoms with van der Waals surface area (Å²) >= 11 is 5.72. The lowest BCUT2D eigenvalue weighted by atomic mass is 9.72. The van der Waals surface area contributed by atoms with Gasteiger partial charge in [-0.05, 0) is 110 Å². The fourth-order valence-corrected chi connectivity index (χ4v) is 6.67. The van der Waals surface area contributed by atoms with Crippen molar-refractivity contribution < 1.29 is 32.2 Å². The zero-order valence-electron chi connectivity index (χ0n) is 30.9. The molecular formula is C44H43F3N2O4S. The van der Waals surface area contributed by atoms with Gasteiger partial charge in [-0.15, -0.1) is 0 Å². The first-order chi connectivity index (χ1) is 25.7. The Kier molecular flexibility index (Phi) is 13.9. The summed E-state index contributed by atoms with van der Waals surface area (Å²) in [7, 11) is 0. The first kappa shape index (κ1) is 41.4. The summed E-state index contributed by atoms with van der Waals surface area (Å²) in [6, 6.07) is 10.3. The quantitative estimate of drug-likeness (QED) is 0.0895. The van der Waals surface area contributed by atoms with Gasteiger partial charge in [0.05, 0.1) is 41.5 Å². The second-order valence-corrected chi connectivity index (χ2v) is 13.5. The van der Waals surface area contributed by atoms with Crippen LogP contribution in [0.1, 0.15) is 81.2 Å². The van der Waals surface area contributed by atoms with Crippen molar-refractivity contribution >= 4 is 46.1 Å². The van der Waals surface area contributed by atoms with Gasteiger partial charge in [0.15, 0.2) is 0 Å². The SMILES string of the molecule is C=CC(C)=C1C(=O)NC(c2cc(/C(=C/C(=S)/C=C/c3ccc(C#N)c(C(F)(F)F)c3)C3(C(C)=O)CCOC3)ccc2OCC)=C=CC=C1CC(=C)CCC. The van der Waals surface area contributed by atoms with Crippen molar-refractivity contribution in [2.45, 2.75) is 59.6 Å². The molecule has 1 fully saturated rings. The number of Topliss-reactive ketones (excluding diaryl/α,β-unsaturated/α-hetero) is 1. The van der Waals surface area contributed by atoms with E-state index in [1.54, 1.807) is 42.5 Å². The molecule has 1 unspecified atom stereocenters. The first-order valence-corrected chi connectivity index (χ1v) is 18.0. The highest BCUT2D eigenvalue weighted by molar-refractivity contribution is 7.81. The van der Waals surface area contributed by atoms with Crippen LogP contribution in [0.15, 0.2) is 108 Å². The molecule has 0 saturated carbocycles. The lowest BCUT2D eigenvalue weighted by Crippen LogP contribution is -2.31. The minimum Gasteiger partial charge on any atom is -0.493 e. The van der Waals surface area contributed by atoms with Crippen LogP contribution in [0.4, 0.5) is 13.2 Å². The van der Waals surface area contributed by atoms with Gasteiger partial charge in [0.2, 0.25) is 0 Å². The van der Waals surface area contributed by atoms with Crippen molar-refractivity contribution in [1.29, 1.82) is 5.26 Å². The molecule has 0 bridgehead atoms. The monoisotopic (exact) mass is 752 g/mol. The first-order valence-electron chi connectivity index (χ1n) is 17.6.